The van der Waals surface area contributed by atoms with E-state index in [2.05, 4.69) is 9.80 Å². The van der Waals surface area contributed by atoms with Gasteiger partial charge >= 0.3 is 0 Å². The molecule has 0 radical (unpaired) electrons. The van der Waals surface area contributed by atoms with E-state index in [1.165, 1.54) is 18.2 Å². The molecule has 2 aromatic carbocycles. The lowest BCUT2D eigenvalue weighted by Gasteiger charge is -2.44. The summed E-state index contributed by atoms with van der Waals surface area (Å²) in [6.45, 7) is 8.35. The summed E-state index contributed by atoms with van der Waals surface area (Å²) in [6, 6.07) is 11.3. The summed E-state index contributed by atoms with van der Waals surface area (Å²) in [5, 5.41) is 10.0. The summed E-state index contributed by atoms with van der Waals surface area (Å²) in [5.74, 6) is -1.86. The third-order valence-electron chi connectivity index (χ3n) is 7.18. The molecule has 35 heavy (non-hydrogen) atoms. The van der Waals surface area contributed by atoms with Gasteiger partial charge in [-0.15, -0.1) is 0 Å². The first-order valence-corrected chi connectivity index (χ1v) is 12.6. The zero-order valence-corrected chi connectivity index (χ0v) is 21.6. The van der Waals surface area contributed by atoms with Gasteiger partial charge in [0.05, 0.1) is 0 Å². The minimum Gasteiger partial charge on any atom is -0.508 e. The van der Waals surface area contributed by atoms with E-state index in [0.717, 1.165) is 31.5 Å². The van der Waals surface area contributed by atoms with E-state index >= 15 is 0 Å². The first-order valence-electron chi connectivity index (χ1n) is 12.6. The molecule has 1 heterocycles. The third-order valence-corrected chi connectivity index (χ3v) is 7.18. The van der Waals surface area contributed by atoms with Crippen LogP contribution in [0.4, 0.5) is 4.39 Å². The number of unbranched alkanes of at least 4 members (excludes halogenated alkanes) is 1. The zero-order valence-electron chi connectivity index (χ0n) is 21.6. The molecule has 0 saturated carbocycles. The lowest BCUT2D eigenvalue weighted by atomic mass is 9.67. The van der Waals surface area contributed by atoms with Crippen molar-refractivity contribution < 1.29 is 19.1 Å². The standard InChI is InChI=1S/C29H39FN2O3/c1-19(2)28(34)24-17-32(15-7-6-14-31(4)5)18-25(29(35)21-10-8-11-22(33)16-21)27(24)23-12-9-13-26(30)20(23)3/h8-13,16,19,24-25,27,33H,6-7,14-15,17-18H2,1-5H3. The molecule has 1 aliphatic heterocycles. The van der Waals surface area contributed by atoms with E-state index in [1.807, 2.05) is 34.0 Å². The number of rotatable bonds is 10. The highest BCUT2D eigenvalue weighted by Gasteiger charge is 2.45. The Bertz CT molecular complexity index is 1040. The molecule has 6 heteroatoms. The predicted molar refractivity (Wildman–Crippen MR) is 137 cm³/mol. The van der Waals surface area contributed by atoms with E-state index in [4.69, 9.17) is 0 Å². The summed E-state index contributed by atoms with van der Waals surface area (Å²) in [4.78, 5) is 31.8. The van der Waals surface area contributed by atoms with Crippen molar-refractivity contribution in [3.05, 3.63) is 65.0 Å². The average Bonchev–Trinajstić information content (AvgIpc) is 2.82. The van der Waals surface area contributed by atoms with Crippen molar-refractivity contribution in [2.24, 2.45) is 17.8 Å². The smallest absolute Gasteiger partial charge is 0.167 e. The molecule has 190 valence electrons. The van der Waals surface area contributed by atoms with Crippen molar-refractivity contribution >= 4 is 11.6 Å². The molecule has 1 saturated heterocycles. The van der Waals surface area contributed by atoms with Gasteiger partial charge in [-0.3, -0.25) is 9.59 Å². The van der Waals surface area contributed by atoms with Gasteiger partial charge in [0.2, 0.25) is 0 Å². The Labute approximate surface area is 208 Å². The van der Waals surface area contributed by atoms with Crippen molar-refractivity contribution in [2.75, 3.05) is 40.3 Å². The summed E-state index contributed by atoms with van der Waals surface area (Å²) < 4.78 is 14.7. The summed E-state index contributed by atoms with van der Waals surface area (Å²) >= 11 is 0. The topological polar surface area (TPSA) is 60.9 Å². The van der Waals surface area contributed by atoms with Crippen molar-refractivity contribution in [1.29, 1.82) is 0 Å². The van der Waals surface area contributed by atoms with Crippen LogP contribution in [-0.2, 0) is 4.79 Å². The van der Waals surface area contributed by atoms with Gasteiger partial charge in [-0.05, 0) is 76.3 Å². The minimum absolute atomic E-state index is 0.0282. The number of halogens is 1. The molecule has 5 nitrogen and oxygen atoms in total. The summed E-state index contributed by atoms with van der Waals surface area (Å²) in [5.41, 5.74) is 1.64. The van der Waals surface area contributed by atoms with Crippen LogP contribution in [0.3, 0.4) is 0 Å². The molecule has 2 aromatic rings. The molecule has 1 N–H and O–H groups in total. The van der Waals surface area contributed by atoms with Gasteiger partial charge in [-0.1, -0.05) is 38.1 Å². The van der Waals surface area contributed by atoms with Gasteiger partial charge in [-0.2, -0.15) is 0 Å². The van der Waals surface area contributed by atoms with Gasteiger partial charge in [-0.25, -0.2) is 4.39 Å². The first-order chi connectivity index (χ1) is 16.6. The Morgan fingerprint density at radius 1 is 1.09 bits per heavy atom. The van der Waals surface area contributed by atoms with E-state index < -0.39 is 17.8 Å². The first kappa shape index (κ1) is 27.0. The number of hydrogen-bond donors (Lipinski definition) is 1. The maximum Gasteiger partial charge on any atom is 0.167 e. The largest absolute Gasteiger partial charge is 0.508 e. The second-order valence-electron chi connectivity index (χ2n) is 10.4. The number of phenols is 1. The van der Waals surface area contributed by atoms with Crippen molar-refractivity contribution in [3.8, 4) is 5.75 Å². The van der Waals surface area contributed by atoms with Crippen LogP contribution < -0.4 is 0 Å². The van der Waals surface area contributed by atoms with Crippen LogP contribution >= 0.6 is 0 Å². The third kappa shape index (κ3) is 6.56. The van der Waals surface area contributed by atoms with Gasteiger partial charge in [0.1, 0.15) is 17.3 Å². The molecule has 0 bridgehead atoms. The maximum atomic E-state index is 14.7. The number of benzene rings is 2. The highest BCUT2D eigenvalue weighted by molar-refractivity contribution is 6.00. The number of carbonyl (C=O) groups is 2. The molecule has 0 spiro atoms. The van der Waals surface area contributed by atoms with Crippen LogP contribution in [0.2, 0.25) is 0 Å². The Morgan fingerprint density at radius 2 is 1.77 bits per heavy atom. The van der Waals surface area contributed by atoms with E-state index in [-0.39, 0.29) is 29.1 Å². The average molecular weight is 483 g/mol. The number of ketones is 2. The molecule has 0 aromatic heterocycles. The highest BCUT2D eigenvalue weighted by Crippen LogP contribution is 2.42. The number of piperidine rings is 1. The predicted octanol–water partition coefficient (Wildman–Crippen LogP) is 4.92. The number of nitrogens with zero attached hydrogens (tertiary/aromatic N) is 2. The van der Waals surface area contributed by atoms with Crippen LogP contribution in [0.25, 0.3) is 0 Å². The van der Waals surface area contributed by atoms with Gasteiger partial charge in [0, 0.05) is 42.3 Å². The summed E-state index contributed by atoms with van der Waals surface area (Å²) in [7, 11) is 4.10. The Morgan fingerprint density at radius 3 is 2.43 bits per heavy atom. The second kappa shape index (κ2) is 11.9. The molecule has 3 rings (SSSR count). The fourth-order valence-electron chi connectivity index (χ4n) is 5.32. The van der Waals surface area contributed by atoms with Crippen LogP contribution in [0, 0.1) is 30.5 Å². The Kier molecular flexibility index (Phi) is 9.20. The van der Waals surface area contributed by atoms with Gasteiger partial charge in [0.25, 0.3) is 0 Å². The van der Waals surface area contributed by atoms with Gasteiger partial charge < -0.3 is 14.9 Å². The SMILES string of the molecule is Cc1c(F)cccc1C1C(C(=O)c2cccc(O)c2)CN(CCCCN(C)C)CC1C(=O)C(C)C. The number of Topliss-reactive ketones (excluding diaryl/α,β-unsaturated/α-hetero) is 2. The fourth-order valence-corrected chi connectivity index (χ4v) is 5.32. The second-order valence-corrected chi connectivity index (χ2v) is 10.4. The van der Waals surface area contributed by atoms with Crippen LogP contribution in [0.1, 0.15) is 54.1 Å². The van der Waals surface area contributed by atoms with E-state index in [9.17, 15) is 19.1 Å². The Balaban J connectivity index is 2.03. The maximum absolute atomic E-state index is 14.7. The van der Waals surface area contributed by atoms with Crippen molar-refractivity contribution in [1.82, 2.24) is 9.80 Å². The number of likely N-dealkylation sites (tertiary alicyclic amines) is 1. The van der Waals surface area contributed by atoms with E-state index in [0.29, 0.717) is 24.2 Å². The molecule has 1 aliphatic rings. The molecule has 3 atom stereocenters. The molecular formula is C29H39FN2O3. The van der Waals surface area contributed by atoms with Crippen LogP contribution in [0.5, 0.6) is 5.75 Å². The zero-order chi connectivity index (χ0) is 25.7. The number of aromatic hydroxyl groups is 1. The normalized spacial score (nSPS) is 21.0. The summed E-state index contributed by atoms with van der Waals surface area (Å²) in [6.07, 6.45) is 2.00. The molecule has 3 unspecified atom stereocenters. The van der Waals surface area contributed by atoms with Gasteiger partial charge in [0.15, 0.2) is 5.78 Å². The molecular weight excluding hydrogens is 443 g/mol. The van der Waals surface area contributed by atoms with Crippen LogP contribution in [0.15, 0.2) is 42.5 Å². The van der Waals surface area contributed by atoms with E-state index in [1.54, 1.807) is 25.1 Å². The number of carbonyl (C=O) groups excluding carboxylic acids is 2. The lowest BCUT2D eigenvalue weighted by molar-refractivity contribution is -0.129. The Hall–Kier alpha value is -2.57. The van der Waals surface area contributed by atoms with Crippen molar-refractivity contribution in [3.63, 3.8) is 0 Å². The number of phenolic OH excluding ortho intramolecular Hbond substituents is 1. The fraction of sp³-hybridized carbons (Fsp3) is 0.517. The number of hydrogen-bond acceptors (Lipinski definition) is 5. The van der Waals surface area contributed by atoms with Crippen LogP contribution in [-0.4, -0.2) is 66.7 Å². The lowest BCUT2D eigenvalue weighted by Crippen LogP contribution is -2.51. The minimum atomic E-state index is -0.521. The van der Waals surface area contributed by atoms with Crippen molar-refractivity contribution in [2.45, 2.75) is 39.5 Å². The molecule has 0 amide bonds. The molecule has 0 aliphatic carbocycles. The monoisotopic (exact) mass is 482 g/mol. The molecule has 1 fully saturated rings. The highest BCUT2D eigenvalue weighted by atomic mass is 19.1. The quantitative estimate of drug-likeness (QED) is 0.385.